The first-order valence-electron chi connectivity index (χ1n) is 22.9. The van der Waals surface area contributed by atoms with Crippen LogP contribution >= 0.6 is 0 Å². The minimum atomic E-state index is -0.243. The van der Waals surface area contributed by atoms with Crippen LogP contribution in [0.4, 0.5) is 0 Å². The summed E-state index contributed by atoms with van der Waals surface area (Å²) in [5.74, 6) is 1.80. The van der Waals surface area contributed by atoms with Gasteiger partial charge in [0.1, 0.15) is 23.0 Å². The van der Waals surface area contributed by atoms with Gasteiger partial charge < -0.3 is 28.8 Å². The van der Waals surface area contributed by atoms with Crippen LogP contribution in [0.15, 0.2) is 158 Å². The minimum Gasteiger partial charge on any atom is -0.505 e. The molecule has 0 amide bonds. The third-order valence-corrected chi connectivity index (χ3v) is 12.9. The van der Waals surface area contributed by atoms with E-state index in [1.54, 1.807) is 0 Å². The van der Waals surface area contributed by atoms with Crippen molar-refractivity contribution in [3.63, 3.8) is 0 Å². The molecule has 10 aromatic rings. The van der Waals surface area contributed by atoms with Crippen molar-refractivity contribution >= 4 is 43.6 Å². The minimum absolute atomic E-state index is 0.202. The number of phenolic OH excluding ortho intramolecular Hbond substituents is 2. The highest BCUT2D eigenvalue weighted by Gasteiger charge is 2.24. The molecule has 6 nitrogen and oxygen atoms in total. The maximum atomic E-state index is 12.3. The molecule has 0 fully saturated rings. The number of hydrogen-bond donors (Lipinski definition) is 2. The Kier molecular flexibility index (Phi) is 10.8. The molecule has 0 aliphatic heterocycles. The number of aromatic nitrogens is 2. The summed E-state index contributed by atoms with van der Waals surface area (Å²) in [5.41, 5.74) is 13.1. The Labute approximate surface area is 380 Å². The summed E-state index contributed by atoms with van der Waals surface area (Å²) in [5, 5.41) is 29.2. The van der Waals surface area contributed by atoms with E-state index in [1.807, 2.05) is 36.4 Å². The number of ether oxygens (including phenoxy) is 2. The summed E-state index contributed by atoms with van der Waals surface area (Å²) in [6.45, 7) is 12.6. The Morgan fingerprint density at radius 3 is 1.11 bits per heavy atom. The summed E-state index contributed by atoms with van der Waals surface area (Å²) in [6.07, 6.45) is 1.79. The number of aromatic hydroxyl groups is 2. The lowest BCUT2D eigenvalue weighted by Gasteiger charge is -2.24. The second-order valence-corrected chi connectivity index (χ2v) is 17.6. The molecule has 10 rings (SSSR count). The summed E-state index contributed by atoms with van der Waals surface area (Å²) in [6, 6.07) is 54.3. The van der Waals surface area contributed by atoms with E-state index in [2.05, 4.69) is 172 Å². The number of fused-ring (bicyclic) bond motifs is 6. The van der Waals surface area contributed by atoms with Crippen molar-refractivity contribution in [3.05, 3.63) is 180 Å². The van der Waals surface area contributed by atoms with Crippen LogP contribution in [0.3, 0.4) is 0 Å². The molecule has 2 heterocycles. The molecule has 65 heavy (non-hydrogen) atoms. The summed E-state index contributed by atoms with van der Waals surface area (Å²) in [7, 11) is 0. The molecule has 6 heteroatoms. The fourth-order valence-electron chi connectivity index (χ4n) is 9.85. The predicted octanol–water partition coefficient (Wildman–Crippen LogP) is 15.0. The molecule has 0 saturated heterocycles. The Hall–Kier alpha value is -7.44. The molecular weight excluding hydrogens is 801 g/mol. The fourth-order valence-corrected chi connectivity index (χ4v) is 9.85. The van der Waals surface area contributed by atoms with Gasteiger partial charge in [-0.15, -0.1) is 0 Å². The Balaban J connectivity index is 0.970. The molecule has 0 radical (unpaired) electrons. The van der Waals surface area contributed by atoms with Crippen LogP contribution in [0, 0.1) is 13.8 Å². The molecular formula is C59H54N2O4. The first kappa shape index (κ1) is 41.6. The van der Waals surface area contributed by atoms with E-state index in [9.17, 15) is 10.2 Å². The van der Waals surface area contributed by atoms with E-state index in [-0.39, 0.29) is 23.7 Å². The Morgan fingerprint density at radius 2 is 0.769 bits per heavy atom. The van der Waals surface area contributed by atoms with Gasteiger partial charge in [-0.05, 0) is 136 Å². The van der Waals surface area contributed by atoms with E-state index in [0.717, 1.165) is 112 Å². The topological polar surface area (TPSA) is 68.8 Å². The van der Waals surface area contributed by atoms with E-state index < -0.39 is 0 Å². The number of para-hydroxylation sites is 4. The molecule has 2 atom stereocenters. The van der Waals surface area contributed by atoms with E-state index in [1.165, 1.54) is 0 Å². The van der Waals surface area contributed by atoms with Crippen LogP contribution in [0.25, 0.3) is 77.2 Å². The van der Waals surface area contributed by atoms with Crippen molar-refractivity contribution < 1.29 is 19.7 Å². The number of aryl methyl sites for hydroxylation is 4. The first-order valence-corrected chi connectivity index (χ1v) is 22.9. The van der Waals surface area contributed by atoms with Crippen molar-refractivity contribution in [1.29, 1.82) is 0 Å². The van der Waals surface area contributed by atoms with Gasteiger partial charge in [0.15, 0.2) is 0 Å². The summed E-state index contributed by atoms with van der Waals surface area (Å²) < 4.78 is 18.0. The van der Waals surface area contributed by atoms with Crippen LogP contribution in [-0.4, -0.2) is 31.6 Å². The zero-order valence-electron chi connectivity index (χ0n) is 37.9. The molecule has 8 aromatic carbocycles. The van der Waals surface area contributed by atoms with Gasteiger partial charge in [0.25, 0.3) is 0 Å². The van der Waals surface area contributed by atoms with Crippen LogP contribution in [0.5, 0.6) is 23.0 Å². The largest absolute Gasteiger partial charge is 0.505 e. The first-order chi connectivity index (χ1) is 31.6. The van der Waals surface area contributed by atoms with Gasteiger partial charge in [0.05, 0.1) is 45.6 Å². The summed E-state index contributed by atoms with van der Waals surface area (Å²) in [4.78, 5) is 0. The molecule has 0 saturated carbocycles. The van der Waals surface area contributed by atoms with Crippen LogP contribution in [-0.2, 0) is 12.8 Å². The zero-order valence-corrected chi connectivity index (χ0v) is 37.9. The number of hydrogen-bond acceptors (Lipinski definition) is 4. The second kappa shape index (κ2) is 16.9. The average molecular weight is 855 g/mol. The third kappa shape index (κ3) is 7.43. The molecule has 0 spiro atoms. The third-order valence-electron chi connectivity index (χ3n) is 12.9. The van der Waals surface area contributed by atoms with E-state index in [0.29, 0.717) is 17.9 Å². The van der Waals surface area contributed by atoms with E-state index in [4.69, 9.17) is 9.47 Å². The van der Waals surface area contributed by atoms with Gasteiger partial charge >= 0.3 is 0 Å². The number of nitrogens with zero attached hydrogens (tertiary/aromatic N) is 2. The lowest BCUT2D eigenvalue weighted by atomic mass is 9.97. The van der Waals surface area contributed by atoms with Gasteiger partial charge in [0.2, 0.25) is 0 Å². The Bertz CT molecular complexity index is 3100. The van der Waals surface area contributed by atoms with E-state index >= 15 is 0 Å². The molecule has 0 unspecified atom stereocenters. The van der Waals surface area contributed by atoms with Crippen molar-refractivity contribution in [2.24, 2.45) is 0 Å². The highest BCUT2D eigenvalue weighted by Crippen LogP contribution is 2.46. The molecule has 2 aromatic heterocycles. The van der Waals surface area contributed by atoms with Crippen LogP contribution in [0.2, 0.25) is 0 Å². The standard InChI is InChI=1S/C59H54N2O4/c1-7-40-25-27-56(46(34-40)48-29-36(3)31-54(58(48)62)60-50-21-13-9-17-42(50)43-18-10-14-22-51(43)60)64-38(5)33-39(6)65-57-28-26-41(8-2)35-47(57)49-30-37(4)32-55(59(49)63)61-52-23-15-11-19-44(52)45-20-12-16-24-53(45)61/h9-32,34-35,38-39,62-63H,7-8,33H2,1-6H3/t38-,39-/m0/s1. The molecule has 0 bridgehead atoms. The monoisotopic (exact) mass is 854 g/mol. The van der Waals surface area contributed by atoms with Crippen molar-refractivity contribution in [1.82, 2.24) is 9.13 Å². The highest BCUT2D eigenvalue weighted by atomic mass is 16.5. The second-order valence-electron chi connectivity index (χ2n) is 17.6. The van der Waals surface area contributed by atoms with Gasteiger partial charge in [-0.25, -0.2) is 0 Å². The molecule has 324 valence electrons. The lowest BCUT2D eigenvalue weighted by molar-refractivity contribution is 0.131. The number of benzene rings is 8. The zero-order chi connectivity index (χ0) is 44.9. The van der Waals surface area contributed by atoms with Gasteiger partial charge in [-0.2, -0.15) is 0 Å². The quantitative estimate of drug-likeness (QED) is 0.128. The van der Waals surface area contributed by atoms with Crippen LogP contribution < -0.4 is 9.47 Å². The van der Waals surface area contributed by atoms with Gasteiger partial charge in [-0.1, -0.05) is 98.8 Å². The van der Waals surface area contributed by atoms with Gasteiger partial charge in [-0.3, -0.25) is 0 Å². The Morgan fingerprint density at radius 1 is 0.431 bits per heavy atom. The maximum Gasteiger partial charge on any atom is 0.147 e. The molecule has 2 N–H and O–H groups in total. The normalized spacial score (nSPS) is 12.6. The van der Waals surface area contributed by atoms with Crippen LogP contribution in [0.1, 0.15) is 56.4 Å². The molecule has 0 aliphatic rings. The summed E-state index contributed by atoms with van der Waals surface area (Å²) >= 11 is 0. The highest BCUT2D eigenvalue weighted by molar-refractivity contribution is 6.10. The smallest absolute Gasteiger partial charge is 0.147 e. The SMILES string of the molecule is CCc1ccc(O[C@@H](C)C[C@H](C)Oc2ccc(CC)cc2-c2cc(C)cc(-n3c4ccccc4c4ccccc43)c2O)c(-c2cc(C)cc(-n3c4ccccc4c4ccccc43)c2O)c1. The maximum absolute atomic E-state index is 12.3. The number of rotatable bonds is 12. The lowest BCUT2D eigenvalue weighted by Crippen LogP contribution is -2.23. The van der Waals surface area contributed by atoms with Crippen molar-refractivity contribution in [2.75, 3.05) is 0 Å². The predicted molar refractivity (Wildman–Crippen MR) is 269 cm³/mol. The molecule has 0 aliphatic carbocycles. The number of phenols is 2. The average Bonchev–Trinajstić information content (AvgIpc) is 3.83. The van der Waals surface area contributed by atoms with Crippen molar-refractivity contribution in [3.8, 4) is 56.6 Å². The fraction of sp³-hybridized carbons (Fsp3) is 0.186. The van der Waals surface area contributed by atoms with Crippen molar-refractivity contribution in [2.45, 2.75) is 73.0 Å². The van der Waals surface area contributed by atoms with Gasteiger partial charge in [0, 0.05) is 50.2 Å².